The van der Waals surface area contributed by atoms with Crippen LogP contribution in [0.5, 0.6) is 17.2 Å². The van der Waals surface area contributed by atoms with Gasteiger partial charge in [0.05, 0.1) is 24.3 Å². The summed E-state index contributed by atoms with van der Waals surface area (Å²) in [6.45, 7) is 7.00. The first-order valence-electron chi connectivity index (χ1n) is 17.1. The maximum atomic E-state index is 10.3. The first-order valence-corrected chi connectivity index (χ1v) is 17.1. The summed E-state index contributed by atoms with van der Waals surface area (Å²) < 4.78 is 18.7. The fourth-order valence-electron chi connectivity index (χ4n) is 5.78. The Hall–Kier alpha value is -5.75. The number of nitriles is 2. The third kappa shape index (κ3) is 10.2. The van der Waals surface area contributed by atoms with Crippen molar-refractivity contribution < 1.29 is 24.4 Å². The topological polar surface area (TPSA) is 153 Å². The van der Waals surface area contributed by atoms with Crippen LogP contribution in [0, 0.1) is 36.5 Å². The van der Waals surface area contributed by atoms with Crippen LogP contribution in [-0.2, 0) is 32.9 Å². The van der Waals surface area contributed by atoms with Gasteiger partial charge in [-0.15, -0.1) is 0 Å². The molecule has 0 radical (unpaired) electrons. The molecule has 0 saturated heterocycles. The zero-order valence-electron chi connectivity index (χ0n) is 29.5. The van der Waals surface area contributed by atoms with Gasteiger partial charge in [0.15, 0.2) is 0 Å². The standard InChI is InChI=1S/C42H43N5O5/c1-29-15-31(22-45-11-13-48)9-10-40(29)52-28-36-7-4-8-38(39(36)21-44)35-6-3-5-32(18-35)26-50-41-19-42(37(16-30(41)2)25-46-12-14-49)51-27-34-17-33(20-43)23-47-24-34/h3-10,15-19,23-24,45-46,48-49H,11-14,22,25-28H2,1-2H3. The number of aromatic nitrogens is 1. The van der Waals surface area contributed by atoms with E-state index in [1.54, 1.807) is 12.3 Å². The third-order valence-electron chi connectivity index (χ3n) is 8.42. The van der Waals surface area contributed by atoms with Crippen molar-refractivity contribution in [3.8, 4) is 40.5 Å². The predicted octanol–water partition coefficient (Wildman–Crippen LogP) is 6.01. The Morgan fingerprint density at radius 2 is 1.37 bits per heavy atom. The summed E-state index contributed by atoms with van der Waals surface area (Å²) in [5.41, 5.74) is 9.17. The van der Waals surface area contributed by atoms with Crippen molar-refractivity contribution in [1.29, 1.82) is 10.5 Å². The Morgan fingerprint density at radius 3 is 2.13 bits per heavy atom. The van der Waals surface area contributed by atoms with Crippen LogP contribution < -0.4 is 24.8 Å². The van der Waals surface area contributed by atoms with Crippen LogP contribution in [-0.4, -0.2) is 41.5 Å². The van der Waals surface area contributed by atoms with E-state index >= 15 is 0 Å². The highest BCUT2D eigenvalue weighted by molar-refractivity contribution is 5.72. The number of aryl methyl sites for hydroxylation is 2. The molecule has 4 aromatic carbocycles. The number of benzene rings is 4. The Kier molecular flexibility index (Phi) is 13.7. The molecule has 10 nitrogen and oxygen atoms in total. The lowest BCUT2D eigenvalue weighted by Crippen LogP contribution is -2.18. The molecule has 0 saturated carbocycles. The van der Waals surface area contributed by atoms with Gasteiger partial charge < -0.3 is 35.1 Å². The smallest absolute Gasteiger partial charge is 0.128 e. The van der Waals surface area contributed by atoms with Crippen LogP contribution in [0.4, 0.5) is 0 Å². The average molecular weight is 698 g/mol. The average Bonchev–Trinajstić information content (AvgIpc) is 3.17. The van der Waals surface area contributed by atoms with E-state index < -0.39 is 0 Å². The SMILES string of the molecule is Cc1cc(CNCCO)c(OCc2cncc(C#N)c2)cc1OCc1cccc(-c2cccc(COc3ccc(CNCCO)cc3C)c2C#N)c1. The third-order valence-corrected chi connectivity index (χ3v) is 8.42. The summed E-state index contributed by atoms with van der Waals surface area (Å²) in [6.07, 6.45) is 3.18. The predicted molar refractivity (Wildman–Crippen MR) is 198 cm³/mol. The highest BCUT2D eigenvalue weighted by Crippen LogP contribution is 2.32. The molecule has 0 aliphatic rings. The van der Waals surface area contributed by atoms with Gasteiger partial charge in [-0.1, -0.05) is 48.5 Å². The number of ether oxygens (including phenoxy) is 3. The first-order chi connectivity index (χ1) is 25.4. The Labute approximate surface area is 304 Å². The van der Waals surface area contributed by atoms with Crippen molar-refractivity contribution in [3.63, 3.8) is 0 Å². The largest absolute Gasteiger partial charge is 0.489 e. The Bertz CT molecular complexity index is 2050. The number of hydrogen-bond acceptors (Lipinski definition) is 10. The fourth-order valence-corrected chi connectivity index (χ4v) is 5.78. The van der Waals surface area contributed by atoms with E-state index in [1.165, 1.54) is 6.20 Å². The minimum Gasteiger partial charge on any atom is -0.489 e. The number of aliphatic hydroxyl groups excluding tert-OH is 2. The Morgan fingerprint density at radius 1 is 0.635 bits per heavy atom. The van der Waals surface area contributed by atoms with E-state index in [4.69, 9.17) is 19.3 Å². The lowest BCUT2D eigenvalue weighted by atomic mass is 9.95. The molecule has 5 rings (SSSR count). The zero-order chi connectivity index (χ0) is 36.7. The van der Waals surface area contributed by atoms with Crippen molar-refractivity contribution in [2.24, 2.45) is 0 Å². The van der Waals surface area contributed by atoms with E-state index in [0.29, 0.717) is 55.4 Å². The summed E-state index contributed by atoms with van der Waals surface area (Å²) in [4.78, 5) is 4.13. The lowest BCUT2D eigenvalue weighted by molar-refractivity contribution is 0.282. The molecule has 0 aliphatic heterocycles. The molecule has 5 aromatic rings. The van der Waals surface area contributed by atoms with Crippen LogP contribution >= 0.6 is 0 Å². The molecule has 1 heterocycles. The van der Waals surface area contributed by atoms with Crippen molar-refractivity contribution in [2.45, 2.75) is 46.8 Å². The van der Waals surface area contributed by atoms with Gasteiger partial charge in [-0.3, -0.25) is 4.98 Å². The molecular formula is C42H43N5O5. The van der Waals surface area contributed by atoms with Crippen LogP contribution in [0.15, 0.2) is 91.3 Å². The van der Waals surface area contributed by atoms with Gasteiger partial charge in [0.2, 0.25) is 0 Å². The van der Waals surface area contributed by atoms with Gasteiger partial charge in [-0.05, 0) is 71.5 Å². The summed E-state index contributed by atoms with van der Waals surface area (Å²) in [7, 11) is 0. The maximum Gasteiger partial charge on any atom is 0.128 e. The van der Waals surface area contributed by atoms with Gasteiger partial charge in [0.25, 0.3) is 0 Å². The molecule has 10 heteroatoms. The van der Waals surface area contributed by atoms with Crippen molar-refractivity contribution in [3.05, 3.63) is 141 Å². The lowest BCUT2D eigenvalue weighted by Gasteiger charge is -2.17. The summed E-state index contributed by atoms with van der Waals surface area (Å²) >= 11 is 0. The molecule has 0 amide bonds. The van der Waals surface area contributed by atoms with E-state index in [1.807, 2.05) is 80.6 Å². The Balaban J connectivity index is 1.30. The van der Waals surface area contributed by atoms with E-state index in [-0.39, 0.29) is 26.4 Å². The minimum absolute atomic E-state index is 0.0239. The maximum absolute atomic E-state index is 10.3. The molecule has 0 unspecified atom stereocenters. The monoisotopic (exact) mass is 697 g/mol. The molecular weight excluding hydrogens is 654 g/mol. The normalized spacial score (nSPS) is 10.7. The number of aliphatic hydroxyl groups is 2. The number of pyridine rings is 1. The number of rotatable bonds is 18. The number of nitrogens with zero attached hydrogens (tertiary/aromatic N) is 3. The summed E-state index contributed by atoms with van der Waals surface area (Å²) in [5, 5.41) is 44.2. The first kappa shape index (κ1) is 37.5. The van der Waals surface area contributed by atoms with Crippen LogP contribution in [0.25, 0.3) is 11.1 Å². The molecule has 0 atom stereocenters. The number of hydrogen-bond donors (Lipinski definition) is 4. The molecule has 266 valence electrons. The number of nitrogens with one attached hydrogen (secondary N) is 2. The minimum atomic E-state index is 0.0239. The second kappa shape index (κ2) is 19.0. The molecule has 0 fully saturated rings. The van der Waals surface area contributed by atoms with Crippen LogP contribution in [0.1, 0.15) is 50.1 Å². The van der Waals surface area contributed by atoms with Crippen LogP contribution in [0.2, 0.25) is 0 Å². The van der Waals surface area contributed by atoms with E-state index in [2.05, 4.69) is 33.8 Å². The fraction of sp³-hybridized carbons (Fsp3) is 0.262. The molecule has 0 bridgehead atoms. The van der Waals surface area contributed by atoms with Crippen LogP contribution in [0.3, 0.4) is 0 Å². The van der Waals surface area contributed by atoms with Crippen molar-refractivity contribution >= 4 is 0 Å². The van der Waals surface area contributed by atoms with Gasteiger partial charge in [0, 0.05) is 61.3 Å². The molecule has 0 spiro atoms. The molecule has 0 aliphatic carbocycles. The second-order valence-corrected chi connectivity index (χ2v) is 12.3. The zero-order valence-corrected chi connectivity index (χ0v) is 29.5. The quantitative estimate of drug-likeness (QED) is 0.0802. The van der Waals surface area contributed by atoms with Gasteiger partial charge in [-0.2, -0.15) is 10.5 Å². The summed E-state index contributed by atoms with van der Waals surface area (Å²) in [5.74, 6) is 2.04. The van der Waals surface area contributed by atoms with E-state index in [0.717, 1.165) is 55.8 Å². The molecule has 1 aromatic heterocycles. The molecule has 4 N–H and O–H groups in total. The van der Waals surface area contributed by atoms with E-state index in [9.17, 15) is 15.6 Å². The van der Waals surface area contributed by atoms with Gasteiger partial charge in [0.1, 0.15) is 49.2 Å². The van der Waals surface area contributed by atoms with Gasteiger partial charge in [-0.25, -0.2) is 0 Å². The molecule has 52 heavy (non-hydrogen) atoms. The highest BCUT2D eigenvalue weighted by Gasteiger charge is 2.14. The summed E-state index contributed by atoms with van der Waals surface area (Å²) in [6, 6.07) is 29.9. The van der Waals surface area contributed by atoms with Crippen molar-refractivity contribution in [1.82, 2.24) is 15.6 Å². The second-order valence-electron chi connectivity index (χ2n) is 12.3. The van der Waals surface area contributed by atoms with Crippen molar-refractivity contribution in [2.75, 3.05) is 26.3 Å². The van der Waals surface area contributed by atoms with Gasteiger partial charge >= 0.3 is 0 Å². The highest BCUT2D eigenvalue weighted by atomic mass is 16.5.